The Hall–Kier alpha value is -4.68. The molecule has 4 aliphatic rings. The zero-order valence-electron chi connectivity index (χ0n) is 35.1. The normalized spacial score (nSPS) is 26.2. The zero-order chi connectivity index (χ0) is 41.9. The van der Waals surface area contributed by atoms with Crippen molar-refractivity contribution in [3.63, 3.8) is 0 Å². The van der Waals surface area contributed by atoms with Crippen LogP contribution < -0.4 is 9.47 Å². The fourth-order valence-corrected chi connectivity index (χ4v) is 9.93. The maximum atomic E-state index is 14.7. The predicted octanol–water partition coefficient (Wildman–Crippen LogP) is 9.22. The van der Waals surface area contributed by atoms with Gasteiger partial charge in [-0.05, 0) is 97.4 Å². The van der Waals surface area contributed by atoms with Crippen LogP contribution in [0.2, 0.25) is 0 Å². The maximum absolute atomic E-state index is 14.7. The molecule has 2 heterocycles. The SMILES string of the molecule is C=CCOc1ccc2c(c1)C1C(CCCCO)C(CCCCO)C=C3C(=NOC4CCCCO4)CC(N(Cc4cccc5ccccc45)C(=O)OCC)C(OCC=C)(O2)C31. The van der Waals surface area contributed by atoms with Crippen molar-refractivity contribution in [2.45, 2.75) is 102 Å². The number of unbranched alkanes of at least 4 members (excludes halogenated alkanes) is 2. The Labute approximate surface area is 354 Å². The molecule has 2 aliphatic heterocycles. The van der Waals surface area contributed by atoms with Crippen molar-refractivity contribution in [3.8, 4) is 11.5 Å². The van der Waals surface area contributed by atoms with Gasteiger partial charge in [0.25, 0.3) is 0 Å². The third kappa shape index (κ3) is 9.29. The molecule has 2 N–H and O–H groups in total. The van der Waals surface area contributed by atoms with Crippen molar-refractivity contribution in [2.24, 2.45) is 22.9 Å². The largest absolute Gasteiger partial charge is 0.490 e. The lowest BCUT2D eigenvalue weighted by atomic mass is 9.55. The molecule has 3 aromatic carbocycles. The molecule has 7 atom stereocenters. The first-order chi connectivity index (χ1) is 29.5. The van der Waals surface area contributed by atoms with Gasteiger partial charge >= 0.3 is 6.09 Å². The Morgan fingerprint density at radius 3 is 2.55 bits per heavy atom. The van der Waals surface area contributed by atoms with E-state index in [2.05, 4.69) is 49.6 Å². The van der Waals surface area contributed by atoms with Crippen LogP contribution in [0, 0.1) is 17.8 Å². The molecule has 0 bridgehead atoms. The molecular formula is C49H62N2O9. The molecular weight excluding hydrogens is 761 g/mol. The average Bonchev–Trinajstić information content (AvgIpc) is 3.27. The second kappa shape index (κ2) is 20.7. The molecule has 60 heavy (non-hydrogen) atoms. The van der Waals surface area contributed by atoms with Crippen LogP contribution in [0.4, 0.5) is 4.79 Å². The number of hydrogen-bond acceptors (Lipinski definition) is 10. The lowest BCUT2D eigenvalue weighted by molar-refractivity contribution is -0.256. The molecule has 7 rings (SSSR count). The summed E-state index contributed by atoms with van der Waals surface area (Å²) in [6, 6.07) is 19.5. The van der Waals surface area contributed by atoms with Crippen molar-refractivity contribution >= 4 is 22.6 Å². The minimum atomic E-state index is -1.43. The van der Waals surface area contributed by atoms with Crippen LogP contribution in [0.15, 0.2) is 103 Å². The number of allylic oxidation sites excluding steroid dienone is 1. The van der Waals surface area contributed by atoms with Crippen LogP contribution >= 0.6 is 0 Å². The molecule has 0 aromatic heterocycles. The van der Waals surface area contributed by atoms with Crippen LogP contribution in [0.3, 0.4) is 0 Å². The van der Waals surface area contributed by atoms with E-state index in [0.29, 0.717) is 43.3 Å². The standard InChI is InChI=1S/C49H62N2O9/c1-4-27-56-37-23-24-43-41(31-37)46-39(21-10-13-26-53)35(17-9-12-25-52)30-40-42(50-60-45-22-11-14-29-57-45)32-44(49(59-43,47(40)46)58-28-5-2)51(48(54)55-6-3)33-36-19-15-18-34-16-7-8-20-38(34)36/h4-5,7-8,15-16,18-20,23-24,30-31,35,39,44-47,52-53H,1-2,6,9-14,17,21-22,25-29,32-33H2,3H3. The lowest BCUT2D eigenvalue weighted by Crippen LogP contribution is -2.70. The van der Waals surface area contributed by atoms with Gasteiger partial charge in [-0.3, -0.25) is 4.90 Å². The highest BCUT2D eigenvalue weighted by molar-refractivity contribution is 6.03. The molecule has 1 amide bonds. The van der Waals surface area contributed by atoms with Gasteiger partial charge in [0.05, 0.1) is 38.0 Å². The van der Waals surface area contributed by atoms with Crippen molar-refractivity contribution in [1.29, 1.82) is 0 Å². The van der Waals surface area contributed by atoms with Gasteiger partial charge in [0, 0.05) is 37.5 Å². The fourth-order valence-electron chi connectivity index (χ4n) is 9.93. The molecule has 0 spiro atoms. The number of nitrogens with zero attached hydrogens (tertiary/aromatic N) is 2. The van der Waals surface area contributed by atoms with Crippen molar-refractivity contribution in [2.75, 3.05) is 39.6 Å². The second-order valence-corrected chi connectivity index (χ2v) is 16.2. The number of hydrogen-bond donors (Lipinski definition) is 2. The van der Waals surface area contributed by atoms with E-state index < -0.39 is 30.1 Å². The summed E-state index contributed by atoms with van der Waals surface area (Å²) >= 11 is 0. The maximum Gasteiger partial charge on any atom is 0.410 e. The molecule has 2 fully saturated rings. The van der Waals surface area contributed by atoms with E-state index in [-0.39, 0.29) is 57.1 Å². The van der Waals surface area contributed by atoms with Gasteiger partial charge in [-0.2, -0.15) is 0 Å². The number of benzene rings is 3. The van der Waals surface area contributed by atoms with Gasteiger partial charge in [0.1, 0.15) is 24.1 Å². The predicted molar refractivity (Wildman–Crippen MR) is 232 cm³/mol. The summed E-state index contributed by atoms with van der Waals surface area (Å²) in [5, 5.41) is 26.9. The highest BCUT2D eigenvalue weighted by Crippen LogP contribution is 2.62. The minimum Gasteiger partial charge on any atom is -0.490 e. The van der Waals surface area contributed by atoms with E-state index in [0.717, 1.165) is 72.4 Å². The molecule has 322 valence electrons. The number of oxime groups is 1. The molecule has 0 radical (unpaired) electrons. The second-order valence-electron chi connectivity index (χ2n) is 16.2. The number of amides is 1. The smallest absolute Gasteiger partial charge is 0.410 e. The monoisotopic (exact) mass is 822 g/mol. The van der Waals surface area contributed by atoms with E-state index >= 15 is 0 Å². The summed E-state index contributed by atoms with van der Waals surface area (Å²) in [5.41, 5.74) is 3.61. The number of carbonyl (C=O) groups excluding carboxylic acids is 1. The Balaban J connectivity index is 1.47. The number of aliphatic hydroxyl groups excluding tert-OH is 2. The Morgan fingerprint density at radius 1 is 0.983 bits per heavy atom. The third-order valence-electron chi connectivity index (χ3n) is 12.5. The van der Waals surface area contributed by atoms with Crippen LogP contribution in [-0.2, 0) is 25.6 Å². The molecule has 1 saturated heterocycles. The molecule has 2 aliphatic carbocycles. The summed E-state index contributed by atoms with van der Waals surface area (Å²) in [6.45, 7) is 11.5. The highest BCUT2D eigenvalue weighted by Gasteiger charge is 2.65. The summed E-state index contributed by atoms with van der Waals surface area (Å²) in [6.07, 6.45) is 12.4. The summed E-state index contributed by atoms with van der Waals surface area (Å²) in [7, 11) is 0. The molecule has 11 heteroatoms. The van der Waals surface area contributed by atoms with Crippen molar-refractivity contribution in [1.82, 2.24) is 4.90 Å². The number of carbonyl (C=O) groups is 1. The van der Waals surface area contributed by atoms with E-state index in [1.165, 1.54) is 0 Å². The third-order valence-corrected chi connectivity index (χ3v) is 12.5. The van der Waals surface area contributed by atoms with Gasteiger partial charge in [-0.15, -0.1) is 6.58 Å². The first kappa shape index (κ1) is 43.4. The Bertz CT molecular complexity index is 1990. The van der Waals surface area contributed by atoms with Gasteiger partial charge in [-0.1, -0.05) is 85.3 Å². The zero-order valence-corrected chi connectivity index (χ0v) is 35.1. The van der Waals surface area contributed by atoms with E-state index in [4.69, 9.17) is 33.7 Å². The summed E-state index contributed by atoms with van der Waals surface area (Å²) in [5.74, 6) is -0.567. The highest BCUT2D eigenvalue weighted by atomic mass is 16.8. The van der Waals surface area contributed by atoms with E-state index in [1.807, 2.05) is 37.3 Å². The number of ether oxygens (including phenoxy) is 5. The number of fused-ring (bicyclic) bond motifs is 3. The first-order valence-electron chi connectivity index (χ1n) is 22.0. The number of aliphatic hydroxyl groups is 2. The van der Waals surface area contributed by atoms with Crippen molar-refractivity contribution in [3.05, 3.63) is 109 Å². The first-order valence-corrected chi connectivity index (χ1v) is 22.0. The Morgan fingerprint density at radius 2 is 1.78 bits per heavy atom. The van der Waals surface area contributed by atoms with E-state index in [1.54, 1.807) is 17.1 Å². The van der Waals surface area contributed by atoms with Crippen molar-refractivity contribution < 1.29 is 43.5 Å². The fraction of sp³-hybridized carbons (Fsp3) is 0.510. The summed E-state index contributed by atoms with van der Waals surface area (Å²) in [4.78, 5) is 22.7. The van der Waals surface area contributed by atoms with Crippen LogP contribution in [-0.4, -0.2) is 84.7 Å². The van der Waals surface area contributed by atoms with Gasteiger partial charge < -0.3 is 38.7 Å². The van der Waals surface area contributed by atoms with Crippen LogP contribution in [0.25, 0.3) is 10.8 Å². The van der Waals surface area contributed by atoms with Crippen LogP contribution in [0.1, 0.15) is 88.2 Å². The lowest BCUT2D eigenvalue weighted by Gasteiger charge is -2.60. The summed E-state index contributed by atoms with van der Waals surface area (Å²) < 4.78 is 32.6. The minimum absolute atomic E-state index is 0.0738. The molecule has 3 aromatic rings. The Kier molecular flexibility index (Phi) is 15.0. The van der Waals surface area contributed by atoms with Gasteiger partial charge in [-0.25, -0.2) is 4.79 Å². The topological polar surface area (TPSA) is 129 Å². The van der Waals surface area contributed by atoms with Gasteiger partial charge in [0.15, 0.2) is 0 Å². The molecule has 11 nitrogen and oxygen atoms in total. The average molecular weight is 823 g/mol. The van der Waals surface area contributed by atoms with Crippen LogP contribution in [0.5, 0.6) is 11.5 Å². The number of rotatable bonds is 20. The van der Waals surface area contributed by atoms with E-state index in [9.17, 15) is 15.0 Å². The molecule has 7 unspecified atom stereocenters. The molecule has 1 saturated carbocycles. The quantitative estimate of drug-likeness (QED) is 0.0651. The van der Waals surface area contributed by atoms with Gasteiger partial charge in [0.2, 0.25) is 12.1 Å².